The van der Waals surface area contributed by atoms with E-state index in [9.17, 15) is 19.2 Å². The minimum Gasteiger partial charge on any atom is -0.340 e. The van der Waals surface area contributed by atoms with Crippen molar-refractivity contribution in [3.8, 4) is 12.3 Å². The van der Waals surface area contributed by atoms with Crippen LogP contribution in [0.3, 0.4) is 0 Å². The van der Waals surface area contributed by atoms with Gasteiger partial charge in [0.25, 0.3) is 11.8 Å². The zero-order valence-corrected chi connectivity index (χ0v) is 15.7. The van der Waals surface area contributed by atoms with E-state index in [1.54, 1.807) is 0 Å². The predicted molar refractivity (Wildman–Crippen MR) is 101 cm³/mol. The maximum absolute atomic E-state index is 12.5. The summed E-state index contributed by atoms with van der Waals surface area (Å²) < 4.78 is 0. The second-order valence-electron chi connectivity index (χ2n) is 6.55. The van der Waals surface area contributed by atoms with Crippen LogP contribution in [-0.2, 0) is 30.6 Å². The van der Waals surface area contributed by atoms with Crippen molar-refractivity contribution < 1.29 is 24.0 Å². The highest BCUT2D eigenvalue weighted by molar-refractivity contribution is 6.01. The van der Waals surface area contributed by atoms with Crippen molar-refractivity contribution in [2.45, 2.75) is 38.6 Å². The maximum Gasteiger partial charge on any atom is 0.333 e. The van der Waals surface area contributed by atoms with Gasteiger partial charge in [-0.15, -0.1) is 11.5 Å². The van der Waals surface area contributed by atoms with E-state index in [2.05, 4.69) is 15.9 Å². The highest BCUT2D eigenvalue weighted by atomic mass is 16.7. The quantitative estimate of drug-likeness (QED) is 0.532. The van der Waals surface area contributed by atoms with Crippen molar-refractivity contribution in [1.82, 2.24) is 19.9 Å². The number of benzene rings is 1. The van der Waals surface area contributed by atoms with Crippen LogP contribution in [0, 0.1) is 12.3 Å². The number of rotatable bonds is 8. The topological polar surface area (TPSA) is 113 Å². The Morgan fingerprint density at radius 3 is 2.62 bits per heavy atom. The summed E-state index contributed by atoms with van der Waals surface area (Å²) in [6.45, 7) is 0.329. The van der Waals surface area contributed by atoms with Gasteiger partial charge in [0.2, 0.25) is 5.91 Å². The zero-order valence-electron chi connectivity index (χ0n) is 15.7. The molecule has 0 atom stereocenters. The number of nitrogens with zero attached hydrogens (tertiary/aromatic N) is 3. The highest BCUT2D eigenvalue weighted by Gasteiger charge is 2.32. The number of carbonyl (C=O) groups is 4. The molecule has 9 heteroatoms. The van der Waals surface area contributed by atoms with Gasteiger partial charge in [-0.2, -0.15) is 0 Å². The Kier molecular flexibility index (Phi) is 6.24. The third-order valence-electron chi connectivity index (χ3n) is 4.38. The van der Waals surface area contributed by atoms with Crippen LogP contribution in [-0.4, -0.2) is 50.2 Å². The van der Waals surface area contributed by atoms with Gasteiger partial charge < -0.3 is 14.7 Å². The first kappa shape index (κ1) is 20.1. The summed E-state index contributed by atoms with van der Waals surface area (Å²) in [6.07, 6.45) is 5.61. The van der Waals surface area contributed by atoms with Crippen LogP contribution >= 0.6 is 0 Å². The lowest BCUT2D eigenvalue weighted by Gasteiger charge is -2.19. The molecule has 0 radical (unpaired) electrons. The molecule has 1 fully saturated rings. The van der Waals surface area contributed by atoms with Crippen molar-refractivity contribution in [2.24, 2.45) is 0 Å². The molecule has 3 rings (SSSR count). The number of hydrogen-bond donors (Lipinski definition) is 1. The first-order valence-corrected chi connectivity index (χ1v) is 9.19. The van der Waals surface area contributed by atoms with Crippen LogP contribution in [0.5, 0.6) is 0 Å². The molecule has 2 heterocycles. The molecule has 0 saturated carbocycles. The van der Waals surface area contributed by atoms with E-state index in [0.717, 1.165) is 11.0 Å². The Morgan fingerprint density at radius 1 is 1.21 bits per heavy atom. The highest BCUT2D eigenvalue weighted by Crippen LogP contribution is 2.15. The van der Waals surface area contributed by atoms with Crippen molar-refractivity contribution in [1.29, 1.82) is 0 Å². The number of imidazole rings is 1. The summed E-state index contributed by atoms with van der Waals surface area (Å²) in [5.41, 5.74) is 1.66. The molecule has 0 bridgehead atoms. The number of imide groups is 1. The Labute approximate surface area is 167 Å². The Morgan fingerprint density at radius 2 is 1.93 bits per heavy atom. The van der Waals surface area contributed by atoms with Crippen LogP contribution in [0.25, 0.3) is 11.0 Å². The monoisotopic (exact) mass is 396 g/mol. The van der Waals surface area contributed by atoms with E-state index in [-0.39, 0.29) is 51.1 Å². The van der Waals surface area contributed by atoms with Crippen LogP contribution in [0.2, 0.25) is 0 Å². The predicted octanol–water partition coefficient (Wildman–Crippen LogP) is 1.30. The van der Waals surface area contributed by atoms with Crippen molar-refractivity contribution in [3.05, 3.63) is 30.1 Å². The van der Waals surface area contributed by atoms with Gasteiger partial charge in [0, 0.05) is 25.7 Å². The third-order valence-corrected chi connectivity index (χ3v) is 4.38. The van der Waals surface area contributed by atoms with Crippen LogP contribution in [0.4, 0.5) is 0 Å². The standard InChI is InChI=1S/C20H20N4O5/c1-2-12-23(13-16-21-14-6-3-4-7-15(14)22-16)17(25)8-5-9-20(28)29-24-18(26)10-11-19(24)27/h1,3-4,6-7H,5,8-13H2,(H,21,22). The Bertz CT molecular complexity index is 941. The van der Waals surface area contributed by atoms with Gasteiger partial charge in [0.05, 0.1) is 24.1 Å². The van der Waals surface area contributed by atoms with E-state index >= 15 is 0 Å². The number of para-hydroxylation sites is 2. The van der Waals surface area contributed by atoms with Gasteiger partial charge >= 0.3 is 5.97 Å². The van der Waals surface area contributed by atoms with Gasteiger partial charge in [0.1, 0.15) is 5.82 Å². The minimum atomic E-state index is -0.734. The molecule has 1 aliphatic heterocycles. The number of H-pyrrole nitrogens is 1. The Hall–Kier alpha value is -3.67. The molecule has 9 nitrogen and oxygen atoms in total. The molecule has 1 N–H and O–H groups in total. The van der Waals surface area contributed by atoms with Crippen LogP contribution in [0.15, 0.2) is 24.3 Å². The fourth-order valence-corrected chi connectivity index (χ4v) is 2.95. The fraction of sp³-hybridized carbons (Fsp3) is 0.350. The summed E-state index contributed by atoms with van der Waals surface area (Å²) >= 11 is 0. The van der Waals surface area contributed by atoms with E-state index in [4.69, 9.17) is 11.3 Å². The lowest BCUT2D eigenvalue weighted by atomic mass is 10.2. The van der Waals surface area contributed by atoms with Crippen molar-refractivity contribution in [2.75, 3.05) is 6.54 Å². The van der Waals surface area contributed by atoms with Crippen LogP contribution in [0.1, 0.15) is 37.9 Å². The minimum absolute atomic E-state index is 0.0352. The molecule has 2 aromatic rings. The molecule has 0 aliphatic carbocycles. The number of hydrogen-bond acceptors (Lipinski definition) is 6. The van der Waals surface area contributed by atoms with Gasteiger partial charge in [-0.05, 0) is 18.6 Å². The molecule has 1 aliphatic rings. The largest absolute Gasteiger partial charge is 0.340 e. The lowest BCUT2D eigenvalue weighted by molar-refractivity contribution is -0.197. The SMILES string of the molecule is C#CCN(Cc1nc2ccccc2[nH]1)C(=O)CCCC(=O)ON1C(=O)CCC1=O. The van der Waals surface area contributed by atoms with Gasteiger partial charge in [0.15, 0.2) is 0 Å². The normalized spacial score (nSPS) is 13.6. The van der Waals surface area contributed by atoms with E-state index in [0.29, 0.717) is 10.9 Å². The number of nitrogens with one attached hydrogen (secondary N) is 1. The molecular formula is C20H20N4O5. The van der Waals surface area contributed by atoms with Gasteiger partial charge in [-0.1, -0.05) is 18.1 Å². The van der Waals surface area contributed by atoms with E-state index < -0.39 is 17.8 Å². The first-order valence-electron chi connectivity index (χ1n) is 9.19. The van der Waals surface area contributed by atoms with E-state index in [1.165, 1.54) is 4.90 Å². The fourth-order valence-electron chi connectivity index (χ4n) is 2.95. The summed E-state index contributed by atoms with van der Waals surface area (Å²) in [4.78, 5) is 61.0. The average molecular weight is 396 g/mol. The average Bonchev–Trinajstić information content (AvgIpc) is 3.25. The Balaban J connectivity index is 1.50. The molecule has 0 spiro atoms. The molecule has 1 aromatic heterocycles. The van der Waals surface area contributed by atoms with Crippen molar-refractivity contribution >= 4 is 34.7 Å². The van der Waals surface area contributed by atoms with Crippen LogP contribution < -0.4 is 0 Å². The van der Waals surface area contributed by atoms with Gasteiger partial charge in [-0.3, -0.25) is 14.4 Å². The number of amides is 3. The zero-order chi connectivity index (χ0) is 20.8. The molecule has 1 aromatic carbocycles. The molecule has 150 valence electrons. The summed E-state index contributed by atoms with van der Waals surface area (Å²) in [5, 5.41) is 0.496. The van der Waals surface area contributed by atoms with Gasteiger partial charge in [-0.25, -0.2) is 9.78 Å². The molecule has 1 saturated heterocycles. The molecule has 0 unspecified atom stereocenters. The van der Waals surface area contributed by atoms with E-state index in [1.807, 2.05) is 24.3 Å². The number of hydroxylamine groups is 2. The molecular weight excluding hydrogens is 376 g/mol. The maximum atomic E-state index is 12.5. The summed E-state index contributed by atoms with van der Waals surface area (Å²) in [5.74, 6) is 1.02. The number of carbonyl (C=O) groups excluding carboxylic acids is 4. The molecule has 3 amide bonds. The summed E-state index contributed by atoms with van der Waals surface area (Å²) in [7, 11) is 0. The second-order valence-corrected chi connectivity index (χ2v) is 6.55. The second kappa shape index (κ2) is 9.01. The summed E-state index contributed by atoms with van der Waals surface area (Å²) in [6, 6.07) is 7.52. The first-order chi connectivity index (χ1) is 14.0. The smallest absolute Gasteiger partial charge is 0.333 e. The number of aromatic nitrogens is 2. The number of aromatic amines is 1. The third kappa shape index (κ3) is 4.99. The number of terminal acetylenes is 1. The van der Waals surface area contributed by atoms with Crippen molar-refractivity contribution in [3.63, 3.8) is 0 Å². The molecule has 29 heavy (non-hydrogen) atoms. The number of fused-ring (bicyclic) bond motifs is 1. The lowest BCUT2D eigenvalue weighted by Crippen LogP contribution is -2.33.